The Balaban J connectivity index is 2.21. The molecule has 0 radical (unpaired) electrons. The van der Waals surface area contributed by atoms with Crippen LogP contribution in [-0.2, 0) is 20.8 Å². The van der Waals surface area contributed by atoms with Crippen LogP contribution < -0.4 is 5.48 Å². The van der Waals surface area contributed by atoms with Gasteiger partial charge in [0.15, 0.2) is 6.04 Å². The SMILES string of the molecule is CC(C)(C)ON[C@@H](C(=O)O)C(=C=O)Cc1ccc2ccccc2c1. The van der Waals surface area contributed by atoms with E-state index in [1.54, 1.807) is 26.7 Å². The van der Waals surface area contributed by atoms with Gasteiger partial charge in [0.2, 0.25) is 0 Å². The molecule has 0 fully saturated rings. The summed E-state index contributed by atoms with van der Waals surface area (Å²) in [5, 5.41) is 11.5. The Morgan fingerprint density at radius 1 is 1.21 bits per heavy atom. The number of carbonyl (C=O) groups is 1. The molecule has 0 bridgehead atoms. The summed E-state index contributed by atoms with van der Waals surface area (Å²) in [5.41, 5.74) is 2.82. The summed E-state index contributed by atoms with van der Waals surface area (Å²) in [6.45, 7) is 5.35. The summed E-state index contributed by atoms with van der Waals surface area (Å²) in [7, 11) is 0. The van der Waals surface area contributed by atoms with Crippen LogP contribution in [0.5, 0.6) is 0 Å². The minimum absolute atomic E-state index is 0.0852. The van der Waals surface area contributed by atoms with Crippen LogP contribution >= 0.6 is 0 Å². The highest BCUT2D eigenvalue weighted by molar-refractivity contribution is 5.84. The van der Waals surface area contributed by atoms with E-state index in [1.165, 1.54) is 0 Å². The lowest BCUT2D eigenvalue weighted by atomic mass is 9.98. The number of benzene rings is 2. The molecule has 2 rings (SSSR count). The number of carboxylic acid groups (broad SMARTS) is 1. The molecule has 0 heterocycles. The molecule has 0 saturated carbocycles. The fourth-order valence-corrected chi connectivity index (χ4v) is 2.27. The molecule has 0 aliphatic heterocycles. The number of hydrogen-bond acceptors (Lipinski definition) is 4. The van der Waals surface area contributed by atoms with E-state index >= 15 is 0 Å². The van der Waals surface area contributed by atoms with Gasteiger partial charge in [-0.15, -0.1) is 0 Å². The van der Waals surface area contributed by atoms with E-state index in [-0.39, 0.29) is 12.0 Å². The van der Waals surface area contributed by atoms with E-state index in [2.05, 4.69) is 5.48 Å². The Hall–Kier alpha value is -2.46. The predicted molar refractivity (Wildman–Crippen MR) is 92.3 cm³/mol. The second-order valence-corrected chi connectivity index (χ2v) is 6.59. The predicted octanol–water partition coefficient (Wildman–Crippen LogP) is 2.91. The first kappa shape index (κ1) is 17.9. The quantitative estimate of drug-likeness (QED) is 0.630. The fraction of sp³-hybridized carbons (Fsp3) is 0.316. The Morgan fingerprint density at radius 2 is 1.88 bits per heavy atom. The monoisotopic (exact) mass is 327 g/mol. The average molecular weight is 327 g/mol. The zero-order valence-corrected chi connectivity index (χ0v) is 14.0. The standard InChI is InChI=1S/C19H21NO4/c1-19(2,3)24-20-17(18(22)23)16(12-21)11-13-8-9-14-6-4-5-7-15(14)10-13/h4-10,17,20H,11H2,1-3H3,(H,22,23)/t17-/m1/s1. The van der Waals surface area contributed by atoms with Crippen molar-refractivity contribution in [3.05, 3.63) is 53.6 Å². The van der Waals surface area contributed by atoms with Crippen molar-refractivity contribution < 1.29 is 19.5 Å². The molecule has 2 N–H and O–H groups in total. The molecule has 5 nitrogen and oxygen atoms in total. The Bertz CT molecular complexity index is 785. The lowest BCUT2D eigenvalue weighted by Crippen LogP contribution is -2.43. The summed E-state index contributed by atoms with van der Waals surface area (Å²) in [6, 6.07) is 12.4. The van der Waals surface area contributed by atoms with Gasteiger partial charge >= 0.3 is 5.97 Å². The van der Waals surface area contributed by atoms with E-state index in [9.17, 15) is 14.7 Å². The zero-order chi connectivity index (χ0) is 17.7. The number of hydroxylamine groups is 1. The van der Waals surface area contributed by atoms with Crippen LogP contribution in [0.15, 0.2) is 48.0 Å². The second kappa shape index (κ2) is 7.41. The molecule has 0 aromatic heterocycles. The molecule has 0 spiro atoms. The third-order valence-corrected chi connectivity index (χ3v) is 3.42. The lowest BCUT2D eigenvalue weighted by molar-refractivity contribution is -0.147. The zero-order valence-electron chi connectivity index (χ0n) is 14.0. The second-order valence-electron chi connectivity index (χ2n) is 6.59. The fourth-order valence-electron chi connectivity index (χ4n) is 2.27. The Labute approximate surface area is 140 Å². The van der Waals surface area contributed by atoms with Crippen LogP contribution in [0.4, 0.5) is 0 Å². The van der Waals surface area contributed by atoms with Crippen molar-refractivity contribution in [2.45, 2.75) is 38.8 Å². The van der Waals surface area contributed by atoms with Crippen LogP contribution in [0.1, 0.15) is 26.3 Å². The largest absolute Gasteiger partial charge is 0.480 e. The molecule has 2 aromatic carbocycles. The van der Waals surface area contributed by atoms with Gasteiger partial charge in [0.05, 0.1) is 5.60 Å². The number of carboxylic acids is 1. The third kappa shape index (κ3) is 4.77. The maximum Gasteiger partial charge on any atom is 0.328 e. The van der Waals surface area contributed by atoms with E-state index in [0.717, 1.165) is 16.3 Å². The molecular formula is C19H21NO4. The Morgan fingerprint density at radius 3 is 2.46 bits per heavy atom. The molecule has 126 valence electrons. The minimum Gasteiger partial charge on any atom is -0.480 e. The highest BCUT2D eigenvalue weighted by Gasteiger charge is 2.26. The number of rotatable bonds is 6. The van der Waals surface area contributed by atoms with Gasteiger partial charge in [0.25, 0.3) is 0 Å². The first-order valence-corrected chi connectivity index (χ1v) is 7.68. The topological polar surface area (TPSA) is 75.6 Å². The molecule has 0 amide bonds. The van der Waals surface area contributed by atoms with Gasteiger partial charge in [0.1, 0.15) is 5.94 Å². The molecule has 0 saturated heterocycles. The molecule has 24 heavy (non-hydrogen) atoms. The van der Waals surface area contributed by atoms with Crippen molar-refractivity contribution in [1.29, 1.82) is 0 Å². The maximum absolute atomic E-state index is 11.5. The average Bonchev–Trinajstić information content (AvgIpc) is 2.52. The highest BCUT2D eigenvalue weighted by atomic mass is 16.7. The summed E-state index contributed by atoms with van der Waals surface area (Å²) in [5.74, 6) is 0.578. The van der Waals surface area contributed by atoms with E-state index in [4.69, 9.17) is 4.84 Å². The van der Waals surface area contributed by atoms with Gasteiger partial charge in [0, 0.05) is 12.0 Å². The lowest BCUT2D eigenvalue weighted by Gasteiger charge is -2.23. The number of aliphatic carboxylic acids is 1. The van der Waals surface area contributed by atoms with Crippen molar-refractivity contribution in [3.8, 4) is 0 Å². The summed E-state index contributed by atoms with van der Waals surface area (Å²) >= 11 is 0. The van der Waals surface area contributed by atoms with Crippen LogP contribution in [0.3, 0.4) is 0 Å². The van der Waals surface area contributed by atoms with Gasteiger partial charge in [-0.2, -0.15) is 5.48 Å². The molecule has 1 atom stereocenters. The Kier molecular flexibility index (Phi) is 5.52. The molecule has 0 aliphatic rings. The number of carbonyl (C=O) groups excluding carboxylic acids is 1. The van der Waals surface area contributed by atoms with Crippen LogP contribution in [-0.4, -0.2) is 28.7 Å². The summed E-state index contributed by atoms with van der Waals surface area (Å²) < 4.78 is 0. The van der Waals surface area contributed by atoms with Crippen molar-refractivity contribution in [2.75, 3.05) is 0 Å². The molecule has 5 heteroatoms. The summed E-state index contributed by atoms with van der Waals surface area (Å²) in [6.07, 6.45) is 0.186. The van der Waals surface area contributed by atoms with Crippen molar-refractivity contribution in [2.24, 2.45) is 0 Å². The van der Waals surface area contributed by atoms with Gasteiger partial charge < -0.3 is 5.11 Å². The maximum atomic E-state index is 11.5. The normalized spacial score (nSPS) is 12.6. The van der Waals surface area contributed by atoms with E-state index < -0.39 is 17.6 Å². The van der Waals surface area contributed by atoms with Crippen LogP contribution in [0.2, 0.25) is 0 Å². The number of hydrogen-bond donors (Lipinski definition) is 2. The number of nitrogens with one attached hydrogen (secondary N) is 1. The van der Waals surface area contributed by atoms with Crippen molar-refractivity contribution in [1.82, 2.24) is 5.48 Å². The summed E-state index contributed by atoms with van der Waals surface area (Å²) in [4.78, 5) is 28.1. The first-order valence-electron chi connectivity index (χ1n) is 7.68. The van der Waals surface area contributed by atoms with Gasteiger partial charge in [-0.1, -0.05) is 42.5 Å². The first-order chi connectivity index (χ1) is 11.3. The third-order valence-electron chi connectivity index (χ3n) is 3.42. The van der Waals surface area contributed by atoms with Crippen LogP contribution in [0, 0.1) is 0 Å². The van der Waals surface area contributed by atoms with Crippen LogP contribution in [0.25, 0.3) is 10.8 Å². The van der Waals surface area contributed by atoms with Gasteiger partial charge in [-0.05, 0) is 37.1 Å². The van der Waals surface area contributed by atoms with Crippen molar-refractivity contribution >= 4 is 22.7 Å². The molecular weight excluding hydrogens is 306 g/mol. The number of fused-ring (bicyclic) bond motifs is 1. The molecule has 0 aliphatic carbocycles. The molecule has 0 unspecified atom stereocenters. The van der Waals surface area contributed by atoms with Crippen molar-refractivity contribution in [3.63, 3.8) is 0 Å². The molecule has 2 aromatic rings. The van der Waals surface area contributed by atoms with Gasteiger partial charge in [-0.25, -0.2) is 4.79 Å². The van der Waals surface area contributed by atoms with E-state index in [0.29, 0.717) is 0 Å². The minimum atomic E-state index is -1.24. The highest BCUT2D eigenvalue weighted by Crippen LogP contribution is 2.18. The smallest absolute Gasteiger partial charge is 0.328 e. The van der Waals surface area contributed by atoms with Gasteiger partial charge in [-0.3, -0.25) is 9.63 Å². The van der Waals surface area contributed by atoms with E-state index in [1.807, 2.05) is 42.5 Å².